The average molecular weight is 451 g/mol. The summed E-state index contributed by atoms with van der Waals surface area (Å²) in [6.45, 7) is 2.41. The molecule has 0 radical (unpaired) electrons. The number of ether oxygens (including phenoxy) is 1. The summed E-state index contributed by atoms with van der Waals surface area (Å²) in [6.07, 6.45) is 0. The molecular formula is C19H16Cl2N4OS2. The van der Waals surface area contributed by atoms with Crippen LogP contribution in [0.3, 0.4) is 0 Å². The minimum Gasteiger partial charge on any atom is -0.486 e. The van der Waals surface area contributed by atoms with Gasteiger partial charge in [-0.1, -0.05) is 48.0 Å². The van der Waals surface area contributed by atoms with Gasteiger partial charge in [0.25, 0.3) is 0 Å². The zero-order chi connectivity index (χ0) is 19.5. The highest BCUT2D eigenvalue weighted by molar-refractivity contribution is 8.00. The molecule has 3 aromatic rings. The van der Waals surface area contributed by atoms with Crippen LogP contribution in [0.1, 0.15) is 18.3 Å². The highest BCUT2D eigenvalue weighted by atomic mass is 35.5. The van der Waals surface area contributed by atoms with Crippen molar-refractivity contribution in [1.82, 2.24) is 14.9 Å². The number of hydrogen-bond donors (Lipinski definition) is 0. The molecule has 9 heteroatoms. The number of benzene rings is 2. The van der Waals surface area contributed by atoms with Crippen molar-refractivity contribution in [3.63, 3.8) is 0 Å². The minimum atomic E-state index is 0.277. The normalized spacial score (nSPS) is 13.2. The molecule has 5 nitrogen and oxygen atoms in total. The monoisotopic (exact) mass is 450 g/mol. The first kappa shape index (κ1) is 19.6. The van der Waals surface area contributed by atoms with E-state index >= 15 is 0 Å². The summed E-state index contributed by atoms with van der Waals surface area (Å²) >= 11 is 15.7. The second-order valence-electron chi connectivity index (χ2n) is 5.86. The summed E-state index contributed by atoms with van der Waals surface area (Å²) in [5, 5.41) is 15.0. The van der Waals surface area contributed by atoms with Crippen molar-refractivity contribution in [1.29, 1.82) is 0 Å². The van der Waals surface area contributed by atoms with E-state index < -0.39 is 0 Å². The molecule has 0 unspecified atom stereocenters. The minimum absolute atomic E-state index is 0.277. The molecule has 1 aliphatic heterocycles. The first-order valence-corrected chi connectivity index (χ1v) is 11.3. The van der Waals surface area contributed by atoms with Gasteiger partial charge in [0, 0.05) is 21.2 Å². The maximum atomic E-state index is 6.34. The second kappa shape index (κ2) is 8.78. The van der Waals surface area contributed by atoms with Gasteiger partial charge >= 0.3 is 0 Å². The molecule has 0 fully saturated rings. The summed E-state index contributed by atoms with van der Waals surface area (Å²) in [5.74, 6) is 3.13. The van der Waals surface area contributed by atoms with E-state index in [4.69, 9.17) is 33.0 Å². The summed E-state index contributed by atoms with van der Waals surface area (Å²) in [7, 11) is 0. The average Bonchev–Trinajstić information content (AvgIpc) is 3.10. The lowest BCUT2D eigenvalue weighted by atomic mass is 10.1. The number of hydrogen-bond acceptors (Lipinski definition) is 6. The van der Waals surface area contributed by atoms with Gasteiger partial charge in [-0.15, -0.1) is 22.0 Å². The number of thioether (sulfide) groups is 2. The Kier molecular flexibility index (Phi) is 6.16. The third kappa shape index (κ3) is 4.33. The SMILES string of the molecule is CCSc1ccc(OCc2nnc3n2N=C(c2ccc(Cl)cc2Cl)CS3)cc1. The standard InChI is InChI=1S/C19H16Cl2N4OS2/c1-2-27-14-6-4-13(5-7-14)26-10-18-22-23-19-25(18)24-17(11-28-19)15-8-3-12(20)9-16(15)21/h3-9H,2,10-11H2,1H3. The molecule has 2 heterocycles. The topological polar surface area (TPSA) is 52.3 Å². The Bertz CT molecular complexity index is 1020. The van der Waals surface area contributed by atoms with E-state index in [1.165, 1.54) is 4.90 Å². The maximum absolute atomic E-state index is 6.34. The molecule has 2 aromatic carbocycles. The molecule has 4 rings (SSSR count). The Morgan fingerprint density at radius 3 is 2.71 bits per heavy atom. The fraction of sp³-hybridized carbons (Fsp3) is 0.211. The molecule has 0 saturated heterocycles. The molecule has 0 amide bonds. The third-order valence-corrected chi connectivity index (χ3v) is 6.35. The largest absolute Gasteiger partial charge is 0.486 e. The molecular weight excluding hydrogens is 435 g/mol. The van der Waals surface area contributed by atoms with Gasteiger partial charge in [-0.05, 0) is 42.2 Å². The summed E-state index contributed by atoms with van der Waals surface area (Å²) in [4.78, 5) is 1.22. The molecule has 0 spiro atoms. The van der Waals surface area contributed by atoms with Crippen molar-refractivity contribution in [2.75, 3.05) is 11.5 Å². The van der Waals surface area contributed by atoms with Gasteiger partial charge in [0.05, 0.1) is 10.7 Å². The van der Waals surface area contributed by atoms with E-state index in [0.717, 1.165) is 27.9 Å². The highest BCUT2D eigenvalue weighted by Crippen LogP contribution is 2.29. The van der Waals surface area contributed by atoms with Crippen LogP contribution in [0.4, 0.5) is 0 Å². The van der Waals surface area contributed by atoms with Crippen molar-refractivity contribution in [3.8, 4) is 5.75 Å². The lowest BCUT2D eigenvalue weighted by molar-refractivity contribution is 0.289. The van der Waals surface area contributed by atoms with E-state index in [2.05, 4.69) is 29.3 Å². The van der Waals surface area contributed by atoms with Crippen molar-refractivity contribution in [2.24, 2.45) is 5.10 Å². The number of rotatable bonds is 6. The van der Waals surface area contributed by atoms with Crippen LogP contribution in [0.5, 0.6) is 5.75 Å². The number of fused-ring (bicyclic) bond motifs is 1. The van der Waals surface area contributed by atoms with Crippen LogP contribution in [0.2, 0.25) is 10.0 Å². The second-order valence-corrected chi connectivity index (χ2v) is 8.99. The number of aromatic nitrogens is 3. The Labute approximate surface area is 181 Å². The molecule has 144 valence electrons. The van der Waals surface area contributed by atoms with E-state index in [0.29, 0.717) is 21.6 Å². The van der Waals surface area contributed by atoms with Crippen molar-refractivity contribution < 1.29 is 4.74 Å². The Morgan fingerprint density at radius 2 is 1.96 bits per heavy atom. The van der Waals surface area contributed by atoms with Gasteiger partial charge < -0.3 is 4.74 Å². The Hall–Kier alpha value is -1.67. The van der Waals surface area contributed by atoms with Gasteiger partial charge in [0.2, 0.25) is 5.16 Å². The first-order valence-electron chi connectivity index (χ1n) is 8.60. The van der Waals surface area contributed by atoms with Gasteiger partial charge in [0.15, 0.2) is 5.82 Å². The number of halogens is 2. The summed E-state index contributed by atoms with van der Waals surface area (Å²) in [6, 6.07) is 13.4. The van der Waals surface area contributed by atoms with Crippen molar-refractivity contribution in [2.45, 2.75) is 23.6 Å². The molecule has 0 saturated carbocycles. The summed E-state index contributed by atoms with van der Waals surface area (Å²) < 4.78 is 7.59. The van der Waals surface area contributed by atoms with E-state index in [1.807, 2.05) is 24.3 Å². The first-order chi connectivity index (χ1) is 13.6. The van der Waals surface area contributed by atoms with Crippen LogP contribution < -0.4 is 4.74 Å². The smallest absolute Gasteiger partial charge is 0.212 e. The van der Waals surface area contributed by atoms with Crippen LogP contribution in [0.15, 0.2) is 57.6 Å². The zero-order valence-corrected chi connectivity index (χ0v) is 18.1. The fourth-order valence-corrected chi connectivity index (χ4v) is 4.69. The van der Waals surface area contributed by atoms with Crippen LogP contribution in [0, 0.1) is 0 Å². The fourth-order valence-electron chi connectivity index (χ4n) is 2.66. The Balaban J connectivity index is 1.53. The molecule has 0 atom stereocenters. The van der Waals surface area contributed by atoms with Gasteiger partial charge in [-0.2, -0.15) is 9.78 Å². The lowest BCUT2D eigenvalue weighted by Crippen LogP contribution is -2.15. The summed E-state index contributed by atoms with van der Waals surface area (Å²) in [5.41, 5.74) is 1.70. The van der Waals surface area contributed by atoms with Crippen LogP contribution in [0.25, 0.3) is 0 Å². The Morgan fingerprint density at radius 1 is 1.14 bits per heavy atom. The predicted octanol–water partition coefficient (Wildman–Crippen LogP) is 5.63. The van der Waals surface area contributed by atoms with Gasteiger partial charge in [-0.25, -0.2) is 0 Å². The third-order valence-electron chi connectivity index (χ3n) is 3.98. The highest BCUT2D eigenvalue weighted by Gasteiger charge is 2.21. The van der Waals surface area contributed by atoms with Gasteiger partial charge in [0.1, 0.15) is 12.4 Å². The van der Waals surface area contributed by atoms with Crippen molar-refractivity contribution >= 4 is 52.4 Å². The van der Waals surface area contributed by atoms with Crippen LogP contribution in [-0.4, -0.2) is 32.1 Å². The molecule has 1 aliphatic rings. The quantitative estimate of drug-likeness (QED) is 0.455. The van der Waals surface area contributed by atoms with E-state index in [9.17, 15) is 0 Å². The van der Waals surface area contributed by atoms with E-state index in [-0.39, 0.29) is 6.61 Å². The van der Waals surface area contributed by atoms with Crippen LogP contribution >= 0.6 is 46.7 Å². The molecule has 0 aliphatic carbocycles. The molecule has 0 bridgehead atoms. The molecule has 1 aromatic heterocycles. The van der Waals surface area contributed by atoms with Gasteiger partial charge in [-0.3, -0.25) is 0 Å². The van der Waals surface area contributed by atoms with Crippen LogP contribution in [-0.2, 0) is 6.61 Å². The maximum Gasteiger partial charge on any atom is 0.212 e. The van der Waals surface area contributed by atoms with Crippen molar-refractivity contribution in [3.05, 3.63) is 63.9 Å². The molecule has 0 N–H and O–H groups in total. The van der Waals surface area contributed by atoms with E-state index in [1.54, 1.807) is 34.3 Å². The molecule has 28 heavy (non-hydrogen) atoms. The zero-order valence-electron chi connectivity index (χ0n) is 14.9. The predicted molar refractivity (Wildman–Crippen MR) is 116 cm³/mol. The lowest BCUT2D eigenvalue weighted by Gasteiger charge is -2.15. The number of nitrogens with zero attached hydrogens (tertiary/aromatic N) is 4.